The second kappa shape index (κ2) is 13.1. The lowest BCUT2D eigenvalue weighted by Gasteiger charge is -2.28. The summed E-state index contributed by atoms with van der Waals surface area (Å²) in [6, 6.07) is 19.8. The number of aromatic nitrogens is 2. The van der Waals surface area contributed by atoms with Gasteiger partial charge in [-0.15, -0.1) is 11.3 Å². The van der Waals surface area contributed by atoms with Crippen LogP contribution in [0.3, 0.4) is 0 Å². The maximum Gasteiger partial charge on any atom is 0.415 e. The first-order valence-electron chi connectivity index (χ1n) is 14.7. The van der Waals surface area contributed by atoms with Crippen molar-refractivity contribution in [3.63, 3.8) is 0 Å². The van der Waals surface area contributed by atoms with E-state index in [1.54, 1.807) is 11.0 Å². The summed E-state index contributed by atoms with van der Waals surface area (Å²) in [5.41, 5.74) is 2.26. The second-order valence-corrected chi connectivity index (χ2v) is 13.4. The molecule has 234 valence electrons. The fraction of sp³-hybridized carbons (Fsp3) is 0.424. The number of halogens is 3. The molecule has 2 aromatic heterocycles. The van der Waals surface area contributed by atoms with Crippen molar-refractivity contribution in [1.82, 2.24) is 15.3 Å². The number of nitrogens with one attached hydrogen (secondary N) is 1. The number of thiophene rings is 1. The highest BCUT2D eigenvalue weighted by molar-refractivity contribution is 7.18. The summed E-state index contributed by atoms with van der Waals surface area (Å²) < 4.78 is 44.6. The molecule has 4 aromatic rings. The zero-order valence-corrected chi connectivity index (χ0v) is 26.2. The molecule has 11 heteroatoms. The molecule has 2 aromatic carbocycles. The standard InChI is InChI=1S/C33H38F3N5O2S/c1-32(2,3)43-31(42)41(20-23-8-6-5-7-9-23)25-13-10-22(11-14-25)19-37-24-12-15-26(16-24)40(4)29-28-17-27(18-33(34,35)36)44-30(28)39-21-38-29/h5-11,13-14,17,21,24,26,37H,12,15-16,18-20H2,1-4H3/t24-,26+/m0/s1. The molecule has 5 rings (SSSR count). The molecule has 1 fully saturated rings. The van der Waals surface area contributed by atoms with E-state index in [2.05, 4.69) is 20.2 Å². The third kappa shape index (κ3) is 8.26. The summed E-state index contributed by atoms with van der Waals surface area (Å²) in [5.74, 6) is 0.672. The van der Waals surface area contributed by atoms with Crippen LogP contribution < -0.4 is 15.1 Å². The molecule has 0 unspecified atom stereocenters. The van der Waals surface area contributed by atoms with Gasteiger partial charge in [0.25, 0.3) is 0 Å². The maximum absolute atomic E-state index is 13.1. The van der Waals surface area contributed by atoms with Gasteiger partial charge in [-0.2, -0.15) is 13.2 Å². The average Bonchev–Trinajstić information content (AvgIpc) is 3.60. The quantitative estimate of drug-likeness (QED) is 0.204. The Kier molecular flexibility index (Phi) is 9.45. The summed E-state index contributed by atoms with van der Waals surface area (Å²) in [6.07, 6.45) is -1.36. The van der Waals surface area contributed by atoms with Crippen LogP contribution in [0.15, 0.2) is 67.0 Å². The number of fused-ring (bicyclic) bond motifs is 1. The molecule has 1 aliphatic rings. The van der Waals surface area contributed by atoms with Crippen LogP contribution >= 0.6 is 11.3 Å². The van der Waals surface area contributed by atoms with E-state index in [1.165, 1.54) is 6.33 Å². The van der Waals surface area contributed by atoms with Crippen molar-refractivity contribution in [3.8, 4) is 0 Å². The van der Waals surface area contributed by atoms with Crippen molar-refractivity contribution in [3.05, 3.63) is 83.0 Å². The zero-order chi connectivity index (χ0) is 31.5. The van der Waals surface area contributed by atoms with Crippen molar-refractivity contribution >= 4 is 39.2 Å². The molecule has 2 heterocycles. The number of rotatable bonds is 9. The van der Waals surface area contributed by atoms with Gasteiger partial charge in [-0.25, -0.2) is 14.8 Å². The first kappa shape index (κ1) is 31.7. The minimum absolute atomic E-state index is 0.208. The fourth-order valence-electron chi connectivity index (χ4n) is 5.53. The number of ether oxygens (including phenoxy) is 1. The van der Waals surface area contributed by atoms with Crippen LogP contribution in [0.5, 0.6) is 0 Å². The smallest absolute Gasteiger partial charge is 0.415 e. The van der Waals surface area contributed by atoms with Gasteiger partial charge >= 0.3 is 12.3 Å². The summed E-state index contributed by atoms with van der Waals surface area (Å²) in [4.78, 5) is 26.3. The molecule has 2 atom stereocenters. The normalized spacial score (nSPS) is 17.2. The van der Waals surface area contributed by atoms with E-state index in [0.29, 0.717) is 35.2 Å². The van der Waals surface area contributed by atoms with Gasteiger partial charge in [0.05, 0.1) is 18.4 Å². The number of carbonyl (C=O) groups is 1. The van der Waals surface area contributed by atoms with Gasteiger partial charge in [0, 0.05) is 36.2 Å². The Morgan fingerprint density at radius 1 is 1.02 bits per heavy atom. The van der Waals surface area contributed by atoms with Gasteiger partial charge < -0.3 is 15.0 Å². The van der Waals surface area contributed by atoms with E-state index in [0.717, 1.165) is 47.4 Å². The van der Waals surface area contributed by atoms with Crippen LogP contribution in [-0.2, 0) is 24.2 Å². The molecule has 1 saturated carbocycles. The third-order valence-electron chi connectivity index (χ3n) is 7.66. The van der Waals surface area contributed by atoms with E-state index in [-0.39, 0.29) is 10.9 Å². The van der Waals surface area contributed by atoms with Crippen molar-refractivity contribution in [2.24, 2.45) is 0 Å². The van der Waals surface area contributed by atoms with E-state index in [4.69, 9.17) is 4.74 Å². The van der Waals surface area contributed by atoms with Crippen LogP contribution in [-0.4, -0.2) is 47.0 Å². The Hall–Kier alpha value is -3.70. The lowest BCUT2D eigenvalue weighted by Crippen LogP contribution is -2.36. The Labute approximate surface area is 260 Å². The minimum atomic E-state index is -4.26. The molecule has 0 aliphatic heterocycles. The molecule has 1 N–H and O–H groups in total. The Morgan fingerprint density at radius 3 is 2.43 bits per heavy atom. The maximum atomic E-state index is 13.1. The number of benzene rings is 2. The van der Waals surface area contributed by atoms with Crippen LogP contribution in [0, 0.1) is 0 Å². The van der Waals surface area contributed by atoms with Gasteiger partial charge in [-0.3, -0.25) is 4.90 Å². The molecule has 0 radical (unpaired) electrons. The van der Waals surface area contributed by atoms with Gasteiger partial charge in [0.2, 0.25) is 0 Å². The molecular formula is C33H38F3N5O2S. The lowest BCUT2D eigenvalue weighted by molar-refractivity contribution is -0.126. The van der Waals surface area contributed by atoms with Crippen LogP contribution in [0.2, 0.25) is 0 Å². The number of amides is 1. The second-order valence-electron chi connectivity index (χ2n) is 12.3. The lowest BCUT2D eigenvalue weighted by atomic mass is 10.1. The number of carbonyl (C=O) groups excluding carboxylic acids is 1. The number of alkyl halides is 3. The summed E-state index contributed by atoms with van der Waals surface area (Å²) in [7, 11) is 1.96. The minimum Gasteiger partial charge on any atom is -0.443 e. The van der Waals surface area contributed by atoms with Gasteiger partial charge in [0.15, 0.2) is 0 Å². The molecule has 0 spiro atoms. The molecule has 1 amide bonds. The predicted molar refractivity (Wildman–Crippen MR) is 169 cm³/mol. The van der Waals surface area contributed by atoms with Crippen molar-refractivity contribution < 1.29 is 22.7 Å². The molecule has 1 aliphatic carbocycles. The van der Waals surface area contributed by atoms with Crippen LogP contribution in [0.4, 0.5) is 29.5 Å². The molecule has 7 nitrogen and oxygen atoms in total. The molecular weight excluding hydrogens is 587 g/mol. The van der Waals surface area contributed by atoms with Gasteiger partial charge in [-0.1, -0.05) is 42.5 Å². The SMILES string of the molecule is CN(c1ncnc2sc(CC(F)(F)F)cc12)[C@@H]1CC[C@H](NCc2ccc(N(Cc3ccccc3)C(=O)OC(C)(C)C)cc2)C1. The van der Waals surface area contributed by atoms with E-state index in [1.807, 2.05) is 82.4 Å². The Balaban J connectivity index is 1.20. The Bertz CT molecular complexity index is 1550. The predicted octanol–water partition coefficient (Wildman–Crippen LogP) is 7.88. The molecule has 0 saturated heterocycles. The number of hydrogen-bond donors (Lipinski definition) is 1. The van der Waals surface area contributed by atoms with E-state index < -0.39 is 24.3 Å². The van der Waals surface area contributed by atoms with E-state index >= 15 is 0 Å². The number of hydrogen-bond acceptors (Lipinski definition) is 7. The highest BCUT2D eigenvalue weighted by Gasteiger charge is 2.31. The number of nitrogens with zero attached hydrogens (tertiary/aromatic N) is 4. The fourth-order valence-corrected chi connectivity index (χ4v) is 6.55. The highest BCUT2D eigenvalue weighted by atomic mass is 32.1. The summed E-state index contributed by atoms with van der Waals surface area (Å²) >= 11 is 1.07. The molecule has 0 bridgehead atoms. The monoisotopic (exact) mass is 625 g/mol. The highest BCUT2D eigenvalue weighted by Crippen LogP contribution is 2.36. The van der Waals surface area contributed by atoms with Crippen LogP contribution in [0.1, 0.15) is 56.0 Å². The van der Waals surface area contributed by atoms with Crippen LogP contribution in [0.25, 0.3) is 10.2 Å². The average molecular weight is 626 g/mol. The first-order valence-corrected chi connectivity index (χ1v) is 15.6. The number of anilines is 2. The Morgan fingerprint density at radius 2 is 1.75 bits per heavy atom. The largest absolute Gasteiger partial charge is 0.443 e. The van der Waals surface area contributed by atoms with Crippen molar-refractivity contribution in [2.45, 2.75) is 83.4 Å². The van der Waals surface area contributed by atoms with Crippen molar-refractivity contribution in [2.75, 3.05) is 16.8 Å². The van der Waals surface area contributed by atoms with Gasteiger partial charge in [-0.05, 0) is 69.4 Å². The summed E-state index contributed by atoms with van der Waals surface area (Å²) in [6.45, 7) is 6.65. The van der Waals surface area contributed by atoms with Crippen molar-refractivity contribution in [1.29, 1.82) is 0 Å². The third-order valence-corrected chi connectivity index (χ3v) is 8.70. The first-order chi connectivity index (χ1) is 20.8. The molecule has 44 heavy (non-hydrogen) atoms. The topological polar surface area (TPSA) is 70.6 Å². The zero-order valence-electron chi connectivity index (χ0n) is 25.4. The van der Waals surface area contributed by atoms with Gasteiger partial charge in [0.1, 0.15) is 22.6 Å². The van der Waals surface area contributed by atoms with E-state index in [9.17, 15) is 18.0 Å². The summed E-state index contributed by atoms with van der Waals surface area (Å²) in [5, 5.41) is 4.33.